The van der Waals surface area contributed by atoms with Crippen molar-refractivity contribution < 1.29 is 15.0 Å². The summed E-state index contributed by atoms with van der Waals surface area (Å²) in [5, 5.41) is 22.5. The van der Waals surface area contributed by atoms with Gasteiger partial charge in [0, 0.05) is 25.4 Å². The van der Waals surface area contributed by atoms with Crippen molar-refractivity contribution in [1.29, 1.82) is 0 Å². The van der Waals surface area contributed by atoms with E-state index in [4.69, 9.17) is 0 Å². The molecule has 5 heteroatoms. The number of nitrogens with one attached hydrogen (secondary N) is 1. The lowest BCUT2D eigenvalue weighted by molar-refractivity contribution is -0.109. The number of carbonyl (C=O) groups excluding carboxylic acids is 1. The van der Waals surface area contributed by atoms with E-state index in [0.29, 0.717) is 5.56 Å². The maximum Gasteiger partial charge on any atom is 0.185 e. The number of aliphatic hydroxyl groups is 2. The number of hydrogen-bond donors (Lipinski definition) is 3. The van der Waals surface area contributed by atoms with Crippen LogP contribution >= 0.6 is 11.8 Å². The number of rotatable bonds is 5. The van der Waals surface area contributed by atoms with Gasteiger partial charge in [-0.1, -0.05) is 23.9 Å². The molecule has 0 heterocycles. The lowest BCUT2D eigenvalue weighted by Gasteiger charge is -2.18. The standard InChI is InChI=1S/C12H17NO3S/c1-8(14)17-7-11(15)12(16)9-4-3-5-10(6-9)13-2/h3-6,11-13,15-16H,7H2,1-2H3. The van der Waals surface area contributed by atoms with Crippen molar-refractivity contribution in [2.75, 3.05) is 18.1 Å². The Kier molecular flexibility index (Phi) is 5.47. The van der Waals surface area contributed by atoms with Gasteiger partial charge < -0.3 is 15.5 Å². The van der Waals surface area contributed by atoms with E-state index in [2.05, 4.69) is 5.32 Å². The average Bonchev–Trinajstić information content (AvgIpc) is 2.35. The van der Waals surface area contributed by atoms with Crippen molar-refractivity contribution in [3.8, 4) is 0 Å². The van der Waals surface area contributed by atoms with Gasteiger partial charge in [0.2, 0.25) is 0 Å². The third-order valence-corrected chi connectivity index (χ3v) is 3.25. The fraction of sp³-hybridized carbons (Fsp3) is 0.417. The molecule has 0 aliphatic heterocycles. The second kappa shape index (κ2) is 6.64. The van der Waals surface area contributed by atoms with Gasteiger partial charge in [0.15, 0.2) is 5.12 Å². The van der Waals surface area contributed by atoms with Gasteiger partial charge in [-0.3, -0.25) is 4.79 Å². The quantitative estimate of drug-likeness (QED) is 0.742. The third-order valence-electron chi connectivity index (χ3n) is 2.34. The van der Waals surface area contributed by atoms with Gasteiger partial charge in [-0.25, -0.2) is 0 Å². The molecule has 94 valence electrons. The van der Waals surface area contributed by atoms with Crippen LogP contribution in [0.3, 0.4) is 0 Å². The van der Waals surface area contributed by atoms with Gasteiger partial charge in [0.05, 0.1) is 6.10 Å². The van der Waals surface area contributed by atoms with E-state index in [0.717, 1.165) is 17.4 Å². The van der Waals surface area contributed by atoms with Crippen LogP contribution in [0.2, 0.25) is 0 Å². The van der Waals surface area contributed by atoms with Gasteiger partial charge in [0.1, 0.15) is 6.10 Å². The number of thioether (sulfide) groups is 1. The Balaban J connectivity index is 2.66. The highest BCUT2D eigenvalue weighted by atomic mass is 32.2. The van der Waals surface area contributed by atoms with E-state index in [9.17, 15) is 15.0 Å². The van der Waals surface area contributed by atoms with E-state index in [-0.39, 0.29) is 10.9 Å². The van der Waals surface area contributed by atoms with Crippen LogP contribution in [-0.2, 0) is 4.79 Å². The normalized spacial score (nSPS) is 14.1. The zero-order chi connectivity index (χ0) is 12.8. The number of anilines is 1. The minimum Gasteiger partial charge on any atom is -0.389 e. The number of benzene rings is 1. The van der Waals surface area contributed by atoms with Crippen LogP contribution in [0.25, 0.3) is 0 Å². The predicted molar refractivity (Wildman–Crippen MR) is 70.1 cm³/mol. The Labute approximate surface area is 105 Å². The predicted octanol–water partition coefficient (Wildman–Crippen LogP) is 1.40. The van der Waals surface area contributed by atoms with E-state index < -0.39 is 12.2 Å². The smallest absolute Gasteiger partial charge is 0.185 e. The second-order valence-electron chi connectivity index (χ2n) is 3.69. The van der Waals surface area contributed by atoms with Crippen molar-refractivity contribution in [3.05, 3.63) is 29.8 Å². The van der Waals surface area contributed by atoms with Crippen LogP contribution in [0.1, 0.15) is 18.6 Å². The van der Waals surface area contributed by atoms with Crippen molar-refractivity contribution >= 4 is 22.6 Å². The molecule has 0 aromatic heterocycles. The van der Waals surface area contributed by atoms with Gasteiger partial charge in [0.25, 0.3) is 0 Å². The van der Waals surface area contributed by atoms with E-state index >= 15 is 0 Å². The Hall–Kier alpha value is -1.04. The average molecular weight is 255 g/mol. The first-order valence-corrected chi connectivity index (χ1v) is 6.30. The van der Waals surface area contributed by atoms with Crippen LogP contribution in [0.5, 0.6) is 0 Å². The number of hydrogen-bond acceptors (Lipinski definition) is 5. The summed E-state index contributed by atoms with van der Waals surface area (Å²) in [6, 6.07) is 7.18. The molecule has 0 aliphatic rings. The van der Waals surface area contributed by atoms with Gasteiger partial charge >= 0.3 is 0 Å². The van der Waals surface area contributed by atoms with E-state index in [1.807, 2.05) is 6.07 Å². The molecule has 1 aromatic carbocycles. The first kappa shape index (κ1) is 14.0. The van der Waals surface area contributed by atoms with Crippen LogP contribution in [-0.4, -0.2) is 34.2 Å². The molecule has 3 N–H and O–H groups in total. The van der Waals surface area contributed by atoms with Gasteiger partial charge in [-0.15, -0.1) is 0 Å². The molecule has 0 bridgehead atoms. The Morgan fingerprint density at radius 3 is 2.76 bits per heavy atom. The van der Waals surface area contributed by atoms with Gasteiger partial charge in [-0.2, -0.15) is 0 Å². The molecule has 0 fully saturated rings. The highest BCUT2D eigenvalue weighted by Gasteiger charge is 2.19. The minimum atomic E-state index is -0.977. The van der Waals surface area contributed by atoms with Crippen molar-refractivity contribution in [1.82, 2.24) is 0 Å². The first-order chi connectivity index (χ1) is 8.04. The summed E-state index contributed by atoms with van der Waals surface area (Å²) in [4.78, 5) is 10.8. The summed E-state index contributed by atoms with van der Waals surface area (Å²) in [7, 11) is 1.79. The molecule has 1 rings (SSSR count). The monoisotopic (exact) mass is 255 g/mol. The summed E-state index contributed by atoms with van der Waals surface area (Å²) in [5.41, 5.74) is 1.50. The molecule has 0 amide bonds. The number of aliphatic hydroxyl groups excluding tert-OH is 2. The molecule has 0 aliphatic carbocycles. The molecule has 2 atom stereocenters. The second-order valence-corrected chi connectivity index (χ2v) is 4.89. The summed E-state index contributed by atoms with van der Waals surface area (Å²) in [6.45, 7) is 1.44. The fourth-order valence-electron chi connectivity index (χ4n) is 1.39. The highest BCUT2D eigenvalue weighted by Crippen LogP contribution is 2.22. The van der Waals surface area contributed by atoms with Crippen LogP contribution in [0.4, 0.5) is 5.69 Å². The largest absolute Gasteiger partial charge is 0.389 e. The van der Waals surface area contributed by atoms with Crippen LogP contribution < -0.4 is 5.32 Å². The fourth-order valence-corrected chi connectivity index (χ4v) is 1.98. The summed E-state index contributed by atoms with van der Waals surface area (Å²) < 4.78 is 0. The Bertz CT molecular complexity index is 384. The lowest BCUT2D eigenvalue weighted by Crippen LogP contribution is -2.21. The molecule has 2 unspecified atom stereocenters. The summed E-state index contributed by atoms with van der Waals surface area (Å²) in [6.07, 6.45) is -1.92. The van der Waals surface area contributed by atoms with E-state index in [1.54, 1.807) is 25.2 Å². The Morgan fingerprint density at radius 2 is 2.18 bits per heavy atom. The maximum absolute atomic E-state index is 10.8. The summed E-state index contributed by atoms with van der Waals surface area (Å²) >= 11 is 1.01. The third kappa shape index (κ3) is 4.38. The summed E-state index contributed by atoms with van der Waals surface area (Å²) in [5.74, 6) is 0.195. The zero-order valence-corrected chi connectivity index (χ0v) is 10.7. The van der Waals surface area contributed by atoms with E-state index in [1.165, 1.54) is 6.92 Å². The number of carbonyl (C=O) groups is 1. The molecule has 0 radical (unpaired) electrons. The molecular weight excluding hydrogens is 238 g/mol. The SMILES string of the molecule is CNc1cccc(C(O)C(O)CSC(C)=O)c1. The van der Waals surface area contributed by atoms with Crippen LogP contribution in [0, 0.1) is 0 Å². The molecule has 0 saturated heterocycles. The molecule has 0 spiro atoms. The topological polar surface area (TPSA) is 69.6 Å². The first-order valence-electron chi connectivity index (χ1n) is 5.31. The molecular formula is C12H17NO3S. The van der Waals surface area contributed by atoms with Crippen molar-refractivity contribution in [3.63, 3.8) is 0 Å². The zero-order valence-electron chi connectivity index (χ0n) is 9.88. The Morgan fingerprint density at radius 1 is 1.47 bits per heavy atom. The molecule has 1 aromatic rings. The van der Waals surface area contributed by atoms with Gasteiger partial charge in [-0.05, 0) is 17.7 Å². The van der Waals surface area contributed by atoms with Crippen LogP contribution in [0.15, 0.2) is 24.3 Å². The molecule has 0 saturated carbocycles. The molecule has 4 nitrogen and oxygen atoms in total. The minimum absolute atomic E-state index is 0.0692. The maximum atomic E-state index is 10.8. The highest BCUT2D eigenvalue weighted by molar-refractivity contribution is 8.13. The lowest BCUT2D eigenvalue weighted by atomic mass is 10.0. The van der Waals surface area contributed by atoms with Crippen molar-refractivity contribution in [2.45, 2.75) is 19.1 Å². The van der Waals surface area contributed by atoms with Crippen molar-refractivity contribution in [2.24, 2.45) is 0 Å². The molecule has 17 heavy (non-hydrogen) atoms.